The first-order valence-electron chi connectivity index (χ1n) is 9.40. The number of ether oxygens (including phenoxy) is 2. The van der Waals surface area contributed by atoms with E-state index in [-0.39, 0.29) is 17.3 Å². The Bertz CT molecular complexity index is 1010. The van der Waals surface area contributed by atoms with E-state index in [4.69, 9.17) is 21.1 Å². The van der Waals surface area contributed by atoms with Gasteiger partial charge in [0.15, 0.2) is 11.5 Å². The first-order chi connectivity index (χ1) is 13.9. The van der Waals surface area contributed by atoms with Gasteiger partial charge in [0, 0.05) is 29.9 Å². The number of benzene rings is 2. The van der Waals surface area contributed by atoms with Crippen LogP contribution in [-0.2, 0) is 14.8 Å². The van der Waals surface area contributed by atoms with Crippen LogP contribution in [0.5, 0.6) is 11.5 Å². The molecule has 2 aliphatic rings. The molecule has 0 saturated carbocycles. The Balaban J connectivity index is 1.45. The zero-order valence-corrected chi connectivity index (χ0v) is 17.2. The Labute approximate surface area is 174 Å². The van der Waals surface area contributed by atoms with Gasteiger partial charge in [-0.1, -0.05) is 11.6 Å². The number of sulfonamides is 1. The third-order valence-corrected chi connectivity index (χ3v) is 7.15. The SMILES string of the molecule is O=C(Nc1ccc2c(c1)OCCO2)[C@H]1CCCN(S(=O)(=O)c2ccc(Cl)cc2)C1. The van der Waals surface area contributed by atoms with E-state index in [0.717, 1.165) is 0 Å². The molecular formula is C20H21ClN2O5S. The molecule has 2 aliphatic heterocycles. The Morgan fingerprint density at radius 1 is 1.07 bits per heavy atom. The van der Waals surface area contributed by atoms with Gasteiger partial charge in [-0.3, -0.25) is 4.79 Å². The van der Waals surface area contributed by atoms with Crippen LogP contribution < -0.4 is 14.8 Å². The Morgan fingerprint density at radius 2 is 1.79 bits per heavy atom. The summed E-state index contributed by atoms with van der Waals surface area (Å²) < 4.78 is 38.2. The van der Waals surface area contributed by atoms with Crippen molar-refractivity contribution in [1.82, 2.24) is 4.31 Å². The summed E-state index contributed by atoms with van der Waals surface area (Å²) >= 11 is 5.86. The lowest BCUT2D eigenvalue weighted by atomic mass is 9.98. The second kappa shape index (κ2) is 8.22. The number of fused-ring (bicyclic) bond motifs is 1. The highest BCUT2D eigenvalue weighted by Crippen LogP contribution is 2.33. The zero-order valence-electron chi connectivity index (χ0n) is 15.6. The number of nitrogens with one attached hydrogen (secondary N) is 1. The van der Waals surface area contributed by atoms with E-state index in [1.807, 2.05) is 0 Å². The molecule has 0 aliphatic carbocycles. The van der Waals surface area contributed by atoms with E-state index < -0.39 is 15.9 Å². The summed E-state index contributed by atoms with van der Waals surface area (Å²) in [6, 6.07) is 11.3. The van der Waals surface area contributed by atoms with Crippen molar-refractivity contribution in [2.24, 2.45) is 5.92 Å². The highest BCUT2D eigenvalue weighted by atomic mass is 35.5. The molecule has 1 atom stereocenters. The second-order valence-corrected chi connectivity index (χ2v) is 9.38. The molecule has 0 aromatic heterocycles. The van der Waals surface area contributed by atoms with E-state index in [1.165, 1.54) is 16.4 Å². The molecular weight excluding hydrogens is 416 g/mol. The topological polar surface area (TPSA) is 84.9 Å². The summed E-state index contributed by atoms with van der Waals surface area (Å²) in [4.78, 5) is 12.9. The predicted octanol–water partition coefficient (Wildman–Crippen LogP) is 3.15. The highest BCUT2D eigenvalue weighted by molar-refractivity contribution is 7.89. The van der Waals surface area contributed by atoms with E-state index in [9.17, 15) is 13.2 Å². The van der Waals surface area contributed by atoms with Crippen molar-refractivity contribution in [1.29, 1.82) is 0 Å². The van der Waals surface area contributed by atoms with Crippen molar-refractivity contribution in [3.63, 3.8) is 0 Å². The summed E-state index contributed by atoms with van der Waals surface area (Å²) in [6.45, 7) is 1.49. The van der Waals surface area contributed by atoms with Gasteiger partial charge in [0.2, 0.25) is 15.9 Å². The summed E-state index contributed by atoms with van der Waals surface area (Å²) in [7, 11) is -3.67. The Kier molecular flexibility index (Phi) is 5.67. The first-order valence-corrected chi connectivity index (χ1v) is 11.2. The van der Waals surface area contributed by atoms with Crippen molar-refractivity contribution >= 4 is 33.2 Å². The maximum atomic E-state index is 12.9. The van der Waals surface area contributed by atoms with Crippen LogP contribution in [-0.4, -0.2) is 44.9 Å². The first kappa shape index (κ1) is 20.0. The summed E-state index contributed by atoms with van der Waals surface area (Å²) in [5.74, 6) is 0.591. The van der Waals surface area contributed by atoms with E-state index in [1.54, 1.807) is 30.3 Å². The van der Waals surface area contributed by atoms with Crippen molar-refractivity contribution in [3.8, 4) is 11.5 Å². The number of anilines is 1. The largest absolute Gasteiger partial charge is 0.486 e. The van der Waals surface area contributed by atoms with E-state index in [2.05, 4.69) is 5.32 Å². The predicted molar refractivity (Wildman–Crippen MR) is 109 cm³/mol. The number of nitrogens with zero attached hydrogens (tertiary/aromatic N) is 1. The lowest BCUT2D eigenvalue weighted by Gasteiger charge is -2.31. The van der Waals surface area contributed by atoms with Crippen LogP contribution in [0.4, 0.5) is 5.69 Å². The van der Waals surface area contributed by atoms with Gasteiger partial charge in [0.25, 0.3) is 0 Å². The molecule has 0 spiro atoms. The normalized spacial score (nSPS) is 19.6. The number of carbonyl (C=O) groups excluding carboxylic acids is 1. The molecule has 7 nitrogen and oxygen atoms in total. The average molecular weight is 437 g/mol. The molecule has 0 bridgehead atoms. The third-order valence-electron chi connectivity index (χ3n) is 5.02. The zero-order chi connectivity index (χ0) is 20.4. The summed E-state index contributed by atoms with van der Waals surface area (Å²) in [5, 5.41) is 3.34. The quantitative estimate of drug-likeness (QED) is 0.795. The second-order valence-electron chi connectivity index (χ2n) is 7.00. The van der Waals surface area contributed by atoms with Crippen LogP contribution in [0, 0.1) is 5.92 Å². The lowest BCUT2D eigenvalue weighted by Crippen LogP contribution is -2.43. The van der Waals surface area contributed by atoms with Crippen molar-refractivity contribution in [3.05, 3.63) is 47.5 Å². The van der Waals surface area contributed by atoms with E-state index >= 15 is 0 Å². The molecule has 154 valence electrons. The van der Waals surface area contributed by atoms with Crippen molar-refractivity contribution in [2.45, 2.75) is 17.7 Å². The average Bonchev–Trinajstić information content (AvgIpc) is 2.74. The van der Waals surface area contributed by atoms with Gasteiger partial charge in [-0.25, -0.2) is 8.42 Å². The molecule has 0 unspecified atom stereocenters. The number of hydrogen-bond donors (Lipinski definition) is 1. The van der Waals surface area contributed by atoms with Crippen molar-refractivity contribution < 1.29 is 22.7 Å². The standard InChI is InChI=1S/C20H21ClN2O5S/c21-15-3-6-17(7-4-15)29(25,26)23-9-1-2-14(13-23)20(24)22-16-5-8-18-19(12-16)28-11-10-27-18/h3-8,12,14H,1-2,9-11,13H2,(H,22,24)/t14-/m0/s1. The maximum Gasteiger partial charge on any atom is 0.243 e. The Hall–Kier alpha value is -2.29. The van der Waals surface area contributed by atoms with Gasteiger partial charge < -0.3 is 14.8 Å². The van der Waals surface area contributed by atoms with Gasteiger partial charge in [-0.05, 0) is 49.2 Å². The van der Waals surface area contributed by atoms with Gasteiger partial charge >= 0.3 is 0 Å². The van der Waals surface area contributed by atoms with Crippen LogP contribution in [0.25, 0.3) is 0 Å². The molecule has 1 N–H and O–H groups in total. The molecule has 4 rings (SSSR count). The van der Waals surface area contributed by atoms with E-state index in [0.29, 0.717) is 54.8 Å². The fourth-order valence-corrected chi connectivity index (χ4v) is 5.15. The summed E-state index contributed by atoms with van der Waals surface area (Å²) in [6.07, 6.45) is 1.25. The molecule has 2 aromatic carbocycles. The van der Waals surface area contributed by atoms with Gasteiger partial charge in [0.1, 0.15) is 13.2 Å². The number of rotatable bonds is 4. The third kappa shape index (κ3) is 4.34. The Morgan fingerprint density at radius 3 is 2.55 bits per heavy atom. The molecule has 9 heteroatoms. The van der Waals surface area contributed by atoms with Crippen LogP contribution >= 0.6 is 11.6 Å². The minimum absolute atomic E-state index is 0.140. The maximum absolute atomic E-state index is 12.9. The minimum Gasteiger partial charge on any atom is -0.486 e. The van der Waals surface area contributed by atoms with Crippen LogP contribution in [0.2, 0.25) is 5.02 Å². The van der Waals surface area contributed by atoms with Crippen molar-refractivity contribution in [2.75, 3.05) is 31.6 Å². The number of hydrogen-bond acceptors (Lipinski definition) is 5. The molecule has 1 saturated heterocycles. The van der Waals surface area contributed by atoms with Crippen LogP contribution in [0.1, 0.15) is 12.8 Å². The number of halogens is 1. The number of carbonyl (C=O) groups is 1. The molecule has 1 amide bonds. The summed E-state index contributed by atoms with van der Waals surface area (Å²) in [5.41, 5.74) is 0.594. The number of amides is 1. The molecule has 2 aromatic rings. The fourth-order valence-electron chi connectivity index (χ4n) is 3.50. The fraction of sp³-hybridized carbons (Fsp3) is 0.350. The van der Waals surface area contributed by atoms with Crippen LogP contribution in [0.3, 0.4) is 0 Å². The molecule has 29 heavy (non-hydrogen) atoms. The van der Waals surface area contributed by atoms with Gasteiger partial charge in [-0.15, -0.1) is 0 Å². The lowest BCUT2D eigenvalue weighted by molar-refractivity contribution is -0.120. The molecule has 0 radical (unpaired) electrons. The highest BCUT2D eigenvalue weighted by Gasteiger charge is 2.33. The smallest absolute Gasteiger partial charge is 0.243 e. The molecule has 2 heterocycles. The molecule has 1 fully saturated rings. The van der Waals surface area contributed by atoms with Crippen LogP contribution in [0.15, 0.2) is 47.4 Å². The van der Waals surface area contributed by atoms with Gasteiger partial charge in [0.05, 0.1) is 10.8 Å². The number of piperidine rings is 1. The van der Waals surface area contributed by atoms with Gasteiger partial charge in [-0.2, -0.15) is 4.31 Å². The minimum atomic E-state index is -3.67. The monoisotopic (exact) mass is 436 g/mol.